The van der Waals surface area contributed by atoms with Gasteiger partial charge in [0.1, 0.15) is 5.82 Å². The van der Waals surface area contributed by atoms with Crippen molar-refractivity contribution in [3.8, 4) is 0 Å². The lowest BCUT2D eigenvalue weighted by Crippen LogP contribution is -1.91. The van der Waals surface area contributed by atoms with Crippen molar-refractivity contribution in [3.63, 3.8) is 0 Å². The zero-order valence-corrected chi connectivity index (χ0v) is 10.6. The number of rotatable bonds is 1. The Morgan fingerprint density at radius 1 is 1.29 bits per heavy atom. The van der Waals surface area contributed by atoms with Gasteiger partial charge in [-0.15, -0.1) is 0 Å². The van der Waals surface area contributed by atoms with Gasteiger partial charge in [0.2, 0.25) is 0 Å². The molecule has 0 radical (unpaired) electrons. The third-order valence-electron chi connectivity index (χ3n) is 1.58. The fourth-order valence-electron chi connectivity index (χ4n) is 0.957. The second kappa shape index (κ2) is 6.96. The first-order valence-corrected chi connectivity index (χ1v) is 5.17. The largest absolute Gasteiger partial charge is 0.388 e. The first-order chi connectivity index (χ1) is 6.52. The quantitative estimate of drug-likeness (QED) is 0.744. The maximum absolute atomic E-state index is 13.0. The average molecular weight is 263 g/mol. The van der Waals surface area contributed by atoms with E-state index in [0.717, 1.165) is 10.0 Å². The van der Waals surface area contributed by atoms with E-state index >= 15 is 0 Å². The van der Waals surface area contributed by atoms with Gasteiger partial charge in [-0.25, -0.2) is 4.39 Å². The van der Waals surface area contributed by atoms with E-state index < -0.39 is 0 Å². The molecule has 3 heteroatoms. The second-order valence-corrected chi connectivity index (χ2v) is 4.14. The normalized spacial score (nSPS) is 9.64. The second-order valence-electron chi connectivity index (χ2n) is 3.23. The Bertz CT molecular complexity index is 274. The molecule has 0 saturated heterocycles. The Balaban J connectivity index is 0.000000500. The molecule has 14 heavy (non-hydrogen) atoms. The first-order valence-electron chi connectivity index (χ1n) is 4.38. The first kappa shape index (κ1) is 13.6. The van der Waals surface area contributed by atoms with E-state index in [-0.39, 0.29) is 11.7 Å². The molecule has 1 aromatic rings. The van der Waals surface area contributed by atoms with Crippen LogP contribution < -0.4 is 0 Å². The van der Waals surface area contributed by atoms with Crippen molar-refractivity contribution in [3.05, 3.63) is 34.1 Å². The van der Waals surface area contributed by atoms with Crippen molar-refractivity contribution in [1.29, 1.82) is 0 Å². The molecule has 0 fully saturated rings. The summed E-state index contributed by atoms with van der Waals surface area (Å²) in [5.41, 5.74) is 0.763. The third kappa shape index (κ3) is 4.72. The Morgan fingerprint density at radius 2 is 1.79 bits per heavy atom. The Labute approximate surface area is 93.4 Å². The van der Waals surface area contributed by atoms with Crippen molar-refractivity contribution < 1.29 is 9.13 Å². The maximum atomic E-state index is 13.0. The summed E-state index contributed by atoms with van der Waals surface area (Å²) < 4.78 is 18.2. The number of hydrogen-bond donors (Lipinski definition) is 0. The smallest absolute Gasteiger partial charge is 0.126 e. The highest BCUT2D eigenvalue weighted by molar-refractivity contribution is 9.10. The van der Waals surface area contributed by atoms with Crippen LogP contribution in [0, 0.1) is 5.82 Å². The minimum absolute atomic E-state index is 0.122. The Hall–Kier alpha value is -0.410. The van der Waals surface area contributed by atoms with E-state index in [9.17, 15) is 4.39 Å². The van der Waals surface area contributed by atoms with Crippen molar-refractivity contribution in [2.75, 3.05) is 14.2 Å². The van der Waals surface area contributed by atoms with E-state index in [1.54, 1.807) is 20.3 Å². The van der Waals surface area contributed by atoms with E-state index in [4.69, 9.17) is 0 Å². The molecule has 0 amide bonds. The topological polar surface area (TPSA) is 9.23 Å². The van der Waals surface area contributed by atoms with Crippen molar-refractivity contribution >= 4 is 15.9 Å². The molecule has 0 aliphatic carbocycles. The van der Waals surface area contributed by atoms with E-state index in [2.05, 4.69) is 20.7 Å². The molecule has 1 rings (SSSR count). The summed E-state index contributed by atoms with van der Waals surface area (Å²) in [5, 5.41) is 0. The molecule has 0 aliphatic rings. The molecule has 0 bridgehead atoms. The molecule has 0 spiro atoms. The summed E-state index contributed by atoms with van der Waals surface area (Å²) in [6.45, 7) is 3.95. The van der Waals surface area contributed by atoms with Crippen LogP contribution in [-0.4, -0.2) is 14.2 Å². The standard InChI is InChI=1S/C9H10BrF.C2H6O/c1-6(2)8-5-7(10)3-4-9(8)11;1-3-2/h3-6H,1-2H3;1-2H3. The molecule has 0 aliphatic heterocycles. The highest BCUT2D eigenvalue weighted by atomic mass is 79.9. The van der Waals surface area contributed by atoms with Gasteiger partial charge in [-0.2, -0.15) is 0 Å². The van der Waals surface area contributed by atoms with Gasteiger partial charge < -0.3 is 4.74 Å². The van der Waals surface area contributed by atoms with Crippen LogP contribution in [0.3, 0.4) is 0 Å². The minimum Gasteiger partial charge on any atom is -0.388 e. The average Bonchev–Trinajstić information content (AvgIpc) is 2.10. The van der Waals surface area contributed by atoms with Crippen LogP contribution in [0.2, 0.25) is 0 Å². The molecule has 1 aromatic carbocycles. The van der Waals surface area contributed by atoms with E-state index in [1.807, 2.05) is 19.9 Å². The third-order valence-corrected chi connectivity index (χ3v) is 2.07. The predicted octanol–water partition coefficient (Wildman–Crippen LogP) is 3.97. The predicted molar refractivity (Wildman–Crippen MR) is 61.1 cm³/mol. The van der Waals surface area contributed by atoms with Gasteiger partial charge in [0, 0.05) is 18.7 Å². The SMILES string of the molecule is CC(C)c1cc(Br)ccc1F.COC. The van der Waals surface area contributed by atoms with E-state index in [1.165, 1.54) is 6.07 Å². The van der Waals surface area contributed by atoms with Crippen LogP contribution in [-0.2, 0) is 4.74 Å². The lowest BCUT2D eigenvalue weighted by molar-refractivity contribution is 0.277. The fourth-order valence-corrected chi connectivity index (χ4v) is 1.34. The highest BCUT2D eigenvalue weighted by Crippen LogP contribution is 2.22. The van der Waals surface area contributed by atoms with Crippen LogP contribution in [0.5, 0.6) is 0 Å². The minimum atomic E-state index is -0.122. The van der Waals surface area contributed by atoms with Gasteiger partial charge in [0.15, 0.2) is 0 Å². The van der Waals surface area contributed by atoms with Crippen LogP contribution in [0.1, 0.15) is 25.3 Å². The summed E-state index contributed by atoms with van der Waals surface area (Å²) in [7, 11) is 3.25. The summed E-state index contributed by atoms with van der Waals surface area (Å²) in [6.07, 6.45) is 0. The maximum Gasteiger partial charge on any atom is 0.126 e. The molecule has 0 atom stereocenters. The van der Waals surface area contributed by atoms with Crippen molar-refractivity contribution in [1.82, 2.24) is 0 Å². The van der Waals surface area contributed by atoms with Crippen molar-refractivity contribution in [2.45, 2.75) is 19.8 Å². The molecule has 0 saturated carbocycles. The molecule has 0 heterocycles. The van der Waals surface area contributed by atoms with Gasteiger partial charge in [-0.3, -0.25) is 0 Å². The summed E-state index contributed by atoms with van der Waals surface area (Å²) in [4.78, 5) is 0. The highest BCUT2D eigenvalue weighted by Gasteiger charge is 2.05. The number of hydrogen-bond acceptors (Lipinski definition) is 1. The summed E-state index contributed by atoms with van der Waals surface area (Å²) in [6, 6.07) is 5.01. The fraction of sp³-hybridized carbons (Fsp3) is 0.455. The Morgan fingerprint density at radius 3 is 2.14 bits per heavy atom. The Kier molecular flexibility index (Phi) is 6.75. The van der Waals surface area contributed by atoms with Crippen LogP contribution in [0.25, 0.3) is 0 Å². The number of halogens is 2. The van der Waals surface area contributed by atoms with Crippen molar-refractivity contribution in [2.24, 2.45) is 0 Å². The molecular weight excluding hydrogens is 247 g/mol. The van der Waals surface area contributed by atoms with Crippen LogP contribution in [0.15, 0.2) is 22.7 Å². The molecule has 0 unspecified atom stereocenters. The molecular formula is C11H16BrFO. The number of ether oxygens (including phenoxy) is 1. The molecule has 0 aromatic heterocycles. The zero-order chi connectivity index (χ0) is 11.1. The molecule has 0 N–H and O–H groups in total. The molecule has 80 valence electrons. The summed E-state index contributed by atoms with van der Waals surface area (Å²) >= 11 is 3.30. The number of benzene rings is 1. The van der Waals surface area contributed by atoms with Gasteiger partial charge in [0.05, 0.1) is 0 Å². The lowest BCUT2D eigenvalue weighted by atomic mass is 10.0. The van der Waals surface area contributed by atoms with Gasteiger partial charge >= 0.3 is 0 Å². The van der Waals surface area contributed by atoms with Gasteiger partial charge in [0.25, 0.3) is 0 Å². The number of methoxy groups -OCH3 is 1. The molecule has 1 nitrogen and oxygen atoms in total. The van der Waals surface area contributed by atoms with Crippen LogP contribution >= 0.6 is 15.9 Å². The zero-order valence-electron chi connectivity index (χ0n) is 8.97. The van der Waals surface area contributed by atoms with Gasteiger partial charge in [-0.1, -0.05) is 29.8 Å². The monoisotopic (exact) mass is 262 g/mol. The van der Waals surface area contributed by atoms with E-state index in [0.29, 0.717) is 0 Å². The summed E-state index contributed by atoms with van der Waals surface area (Å²) in [5.74, 6) is 0.121. The van der Waals surface area contributed by atoms with Crippen LogP contribution in [0.4, 0.5) is 4.39 Å². The lowest BCUT2D eigenvalue weighted by Gasteiger charge is -2.06. The van der Waals surface area contributed by atoms with Gasteiger partial charge in [-0.05, 0) is 29.7 Å².